The zero-order valence-electron chi connectivity index (χ0n) is 10.3. The van der Waals surface area contributed by atoms with Crippen molar-refractivity contribution in [2.45, 2.75) is 6.54 Å². The average Bonchev–Trinajstić information content (AvgIpc) is 2.41. The van der Waals surface area contributed by atoms with Crippen molar-refractivity contribution in [1.29, 1.82) is 0 Å². The molecule has 0 bridgehead atoms. The molecule has 1 amide bonds. The smallest absolute Gasteiger partial charge is 0.248 e. The van der Waals surface area contributed by atoms with Gasteiger partial charge in [0.05, 0.1) is 4.47 Å². The van der Waals surface area contributed by atoms with Gasteiger partial charge in [0.2, 0.25) is 5.91 Å². The second kappa shape index (κ2) is 6.24. The Balaban J connectivity index is 2.10. The quantitative estimate of drug-likeness (QED) is 0.870. The van der Waals surface area contributed by atoms with Crippen LogP contribution in [0, 0.1) is 5.82 Å². The first kappa shape index (κ1) is 14.8. The monoisotopic (exact) mass is 356 g/mol. The van der Waals surface area contributed by atoms with Gasteiger partial charge in [0.25, 0.3) is 0 Å². The molecule has 0 unspecified atom stereocenters. The third kappa shape index (κ3) is 3.49. The maximum atomic E-state index is 13.1. The summed E-state index contributed by atoms with van der Waals surface area (Å²) in [4.78, 5) is 11.0. The number of carbonyl (C=O) groups excluding carboxylic acids is 1. The van der Waals surface area contributed by atoms with Crippen LogP contribution < -0.4 is 11.1 Å². The van der Waals surface area contributed by atoms with Gasteiger partial charge in [-0.15, -0.1) is 0 Å². The van der Waals surface area contributed by atoms with E-state index in [0.717, 1.165) is 11.3 Å². The van der Waals surface area contributed by atoms with E-state index in [1.165, 1.54) is 12.1 Å². The van der Waals surface area contributed by atoms with Crippen LogP contribution in [-0.4, -0.2) is 5.91 Å². The van der Waals surface area contributed by atoms with Gasteiger partial charge in [-0.2, -0.15) is 0 Å². The minimum absolute atomic E-state index is 0.320. The molecule has 6 heteroatoms. The summed E-state index contributed by atoms with van der Waals surface area (Å²) in [5.74, 6) is -0.840. The Morgan fingerprint density at radius 3 is 2.65 bits per heavy atom. The molecule has 20 heavy (non-hydrogen) atoms. The molecule has 2 aromatic rings. The summed E-state index contributed by atoms with van der Waals surface area (Å²) in [6.07, 6.45) is 0. The molecule has 0 spiro atoms. The highest BCUT2D eigenvalue weighted by Crippen LogP contribution is 2.22. The molecule has 3 N–H and O–H groups in total. The van der Waals surface area contributed by atoms with E-state index in [0.29, 0.717) is 21.6 Å². The highest BCUT2D eigenvalue weighted by Gasteiger charge is 2.06. The van der Waals surface area contributed by atoms with Crippen LogP contribution in [0.5, 0.6) is 0 Å². The van der Waals surface area contributed by atoms with Crippen molar-refractivity contribution in [2.24, 2.45) is 5.73 Å². The molecule has 0 aliphatic carbocycles. The first-order valence-electron chi connectivity index (χ1n) is 5.74. The maximum absolute atomic E-state index is 13.1. The van der Waals surface area contributed by atoms with Crippen molar-refractivity contribution in [3.8, 4) is 0 Å². The average molecular weight is 358 g/mol. The molecule has 0 saturated heterocycles. The summed E-state index contributed by atoms with van der Waals surface area (Å²) in [6.45, 7) is 0.454. The Morgan fingerprint density at radius 1 is 1.30 bits per heavy atom. The molecule has 0 fully saturated rings. The fourth-order valence-corrected chi connectivity index (χ4v) is 2.27. The van der Waals surface area contributed by atoms with Gasteiger partial charge in [-0.3, -0.25) is 4.79 Å². The number of primary amides is 1. The predicted octanol–water partition coefficient (Wildman–Crippen LogP) is 3.95. The van der Waals surface area contributed by atoms with E-state index in [1.54, 1.807) is 24.3 Å². The molecule has 104 valence electrons. The molecule has 0 atom stereocenters. The fraction of sp³-hybridized carbons (Fsp3) is 0.0714. The summed E-state index contributed by atoms with van der Waals surface area (Å²) >= 11 is 9.20. The van der Waals surface area contributed by atoms with Crippen molar-refractivity contribution in [3.05, 3.63) is 62.8 Å². The number of amides is 1. The number of hydrogen-bond donors (Lipinski definition) is 2. The van der Waals surface area contributed by atoms with Crippen molar-refractivity contribution in [3.63, 3.8) is 0 Å². The van der Waals surface area contributed by atoms with Crippen molar-refractivity contribution >= 4 is 39.1 Å². The van der Waals surface area contributed by atoms with E-state index in [-0.39, 0.29) is 5.82 Å². The van der Waals surface area contributed by atoms with Crippen LogP contribution in [0.15, 0.2) is 40.9 Å². The van der Waals surface area contributed by atoms with E-state index in [1.807, 2.05) is 0 Å². The number of nitrogens with two attached hydrogens (primary N) is 1. The van der Waals surface area contributed by atoms with Crippen LogP contribution in [-0.2, 0) is 6.54 Å². The Kier molecular flexibility index (Phi) is 4.62. The molecule has 0 aliphatic rings. The Morgan fingerprint density at radius 2 is 2.05 bits per heavy atom. The van der Waals surface area contributed by atoms with Gasteiger partial charge in [0.15, 0.2) is 0 Å². The third-order valence-corrected chi connectivity index (χ3v) is 3.70. The molecular weight excluding hydrogens is 347 g/mol. The number of halogens is 3. The Labute approximate surface area is 129 Å². The van der Waals surface area contributed by atoms with Crippen molar-refractivity contribution in [2.75, 3.05) is 5.32 Å². The van der Waals surface area contributed by atoms with E-state index >= 15 is 0 Å². The van der Waals surface area contributed by atoms with E-state index in [9.17, 15) is 9.18 Å². The zero-order chi connectivity index (χ0) is 14.7. The van der Waals surface area contributed by atoms with Gasteiger partial charge in [-0.25, -0.2) is 4.39 Å². The molecule has 0 saturated carbocycles. The van der Waals surface area contributed by atoms with E-state index in [2.05, 4.69) is 21.2 Å². The number of rotatable bonds is 4. The second-order valence-corrected chi connectivity index (χ2v) is 5.41. The lowest BCUT2D eigenvalue weighted by atomic mass is 10.1. The highest BCUT2D eigenvalue weighted by atomic mass is 79.9. The molecule has 0 radical (unpaired) electrons. The first-order chi connectivity index (χ1) is 9.47. The molecule has 0 heterocycles. The number of benzene rings is 2. The van der Waals surface area contributed by atoms with Crippen molar-refractivity contribution < 1.29 is 9.18 Å². The zero-order valence-corrected chi connectivity index (χ0v) is 12.6. The van der Waals surface area contributed by atoms with E-state index in [4.69, 9.17) is 17.3 Å². The summed E-state index contributed by atoms with van der Waals surface area (Å²) in [5, 5.41) is 3.57. The summed E-state index contributed by atoms with van der Waals surface area (Å²) in [6, 6.07) is 9.51. The summed E-state index contributed by atoms with van der Waals surface area (Å²) < 4.78 is 13.5. The Hall–Kier alpha value is -1.59. The van der Waals surface area contributed by atoms with Gasteiger partial charge in [0.1, 0.15) is 5.82 Å². The number of nitrogens with one attached hydrogen (secondary N) is 1. The largest absolute Gasteiger partial charge is 0.381 e. The minimum atomic E-state index is -0.520. The number of hydrogen-bond acceptors (Lipinski definition) is 2. The maximum Gasteiger partial charge on any atom is 0.248 e. The predicted molar refractivity (Wildman–Crippen MR) is 81.4 cm³/mol. The van der Waals surface area contributed by atoms with Crippen LogP contribution in [0.25, 0.3) is 0 Å². The second-order valence-electron chi connectivity index (χ2n) is 4.15. The molecule has 0 aliphatic heterocycles. The van der Waals surface area contributed by atoms with Gasteiger partial charge >= 0.3 is 0 Å². The normalized spacial score (nSPS) is 10.3. The standard InChI is InChI=1S/C14H11BrClFN2O/c15-11-6-10(3-4-13(11)17)19-7-9-2-1-8(14(18)20)5-12(9)16/h1-6,19H,7H2,(H2,18,20). The van der Waals surface area contributed by atoms with Crippen molar-refractivity contribution in [1.82, 2.24) is 0 Å². The van der Waals surface area contributed by atoms with Crippen LogP contribution in [0.2, 0.25) is 5.02 Å². The van der Waals surface area contributed by atoms with Crippen LogP contribution in [0.1, 0.15) is 15.9 Å². The molecule has 0 aromatic heterocycles. The van der Waals surface area contributed by atoms with Crippen LogP contribution in [0.3, 0.4) is 0 Å². The van der Waals surface area contributed by atoms with Gasteiger partial charge in [-0.1, -0.05) is 17.7 Å². The summed E-state index contributed by atoms with van der Waals surface area (Å²) in [5.41, 5.74) is 7.11. The van der Waals surface area contributed by atoms with E-state index < -0.39 is 5.91 Å². The molecule has 2 aromatic carbocycles. The lowest BCUT2D eigenvalue weighted by Crippen LogP contribution is -2.11. The van der Waals surface area contributed by atoms with Crippen LogP contribution >= 0.6 is 27.5 Å². The number of anilines is 1. The minimum Gasteiger partial charge on any atom is -0.381 e. The van der Waals surface area contributed by atoms with Crippen LogP contribution in [0.4, 0.5) is 10.1 Å². The lowest BCUT2D eigenvalue weighted by molar-refractivity contribution is 0.100. The molecule has 3 nitrogen and oxygen atoms in total. The first-order valence-corrected chi connectivity index (χ1v) is 6.91. The fourth-order valence-electron chi connectivity index (χ4n) is 1.65. The topological polar surface area (TPSA) is 55.1 Å². The Bertz CT molecular complexity index is 664. The van der Waals surface area contributed by atoms with Gasteiger partial charge in [-0.05, 0) is 51.8 Å². The molecular formula is C14H11BrClFN2O. The third-order valence-electron chi connectivity index (χ3n) is 2.74. The molecule has 2 rings (SSSR count). The highest BCUT2D eigenvalue weighted by molar-refractivity contribution is 9.10. The van der Waals surface area contributed by atoms with Gasteiger partial charge < -0.3 is 11.1 Å². The number of carbonyl (C=O) groups is 1. The SMILES string of the molecule is NC(=O)c1ccc(CNc2ccc(F)c(Br)c2)c(Cl)c1. The lowest BCUT2D eigenvalue weighted by Gasteiger charge is -2.09. The summed E-state index contributed by atoms with van der Waals surface area (Å²) in [7, 11) is 0. The van der Waals surface area contributed by atoms with Gasteiger partial charge in [0, 0.05) is 22.8 Å².